The van der Waals surface area contributed by atoms with Crippen molar-refractivity contribution in [2.24, 2.45) is 0 Å². The van der Waals surface area contributed by atoms with Gasteiger partial charge in [-0.1, -0.05) is 13.8 Å². The maximum atomic E-state index is 8.99. The van der Waals surface area contributed by atoms with E-state index in [-0.39, 0.29) is 0 Å². The van der Waals surface area contributed by atoms with Gasteiger partial charge in [-0.3, -0.25) is 0 Å². The summed E-state index contributed by atoms with van der Waals surface area (Å²) >= 11 is 0. The second kappa shape index (κ2) is 4.39. The van der Waals surface area contributed by atoms with Gasteiger partial charge in [0, 0.05) is 17.8 Å². The van der Waals surface area contributed by atoms with Gasteiger partial charge in [-0.2, -0.15) is 5.10 Å². The summed E-state index contributed by atoms with van der Waals surface area (Å²) in [4.78, 5) is 0. The zero-order chi connectivity index (χ0) is 9.84. The monoisotopic (exact) mass is 184 g/mol. The fraction of sp³-hybridized carbons (Fsp3) is 0.667. The number of aliphatic hydroxyl groups is 2. The quantitative estimate of drug-likeness (QED) is 0.692. The molecule has 4 heteroatoms. The molecule has 1 heterocycles. The van der Waals surface area contributed by atoms with Crippen LogP contribution in [0.15, 0.2) is 12.3 Å². The summed E-state index contributed by atoms with van der Waals surface area (Å²) in [6.45, 7) is 4.16. The molecule has 0 atom stereocenters. The van der Waals surface area contributed by atoms with Crippen LogP contribution < -0.4 is 0 Å². The van der Waals surface area contributed by atoms with Crippen LogP contribution in [0.4, 0.5) is 0 Å². The van der Waals surface area contributed by atoms with Crippen LogP contribution in [0.2, 0.25) is 0 Å². The zero-order valence-electron chi connectivity index (χ0n) is 8.01. The van der Waals surface area contributed by atoms with Crippen LogP contribution in [0.3, 0.4) is 0 Å². The Kier molecular flexibility index (Phi) is 3.45. The molecule has 0 bridgehead atoms. The van der Waals surface area contributed by atoms with Crippen LogP contribution in [0.5, 0.6) is 0 Å². The van der Waals surface area contributed by atoms with Gasteiger partial charge >= 0.3 is 0 Å². The molecule has 0 aliphatic carbocycles. The zero-order valence-corrected chi connectivity index (χ0v) is 8.01. The van der Waals surface area contributed by atoms with Crippen molar-refractivity contribution in [2.75, 3.05) is 0 Å². The van der Waals surface area contributed by atoms with Gasteiger partial charge in [0.1, 0.15) is 0 Å². The molecule has 0 aromatic carbocycles. The third kappa shape index (κ3) is 2.08. The average Bonchev–Trinajstić information content (AvgIpc) is 2.55. The molecule has 0 aliphatic rings. The van der Waals surface area contributed by atoms with E-state index in [0.29, 0.717) is 5.92 Å². The molecule has 0 spiro atoms. The maximum absolute atomic E-state index is 8.99. The van der Waals surface area contributed by atoms with Crippen molar-refractivity contribution in [3.05, 3.63) is 18.0 Å². The molecule has 13 heavy (non-hydrogen) atoms. The predicted octanol–water partition coefficient (Wildman–Crippen LogP) is 1.23. The maximum Gasteiger partial charge on any atom is 0.254 e. The Hall–Kier alpha value is -0.870. The van der Waals surface area contributed by atoms with Crippen molar-refractivity contribution in [1.29, 1.82) is 0 Å². The molecule has 0 aliphatic heterocycles. The van der Waals surface area contributed by atoms with Crippen LogP contribution in [0.1, 0.15) is 44.7 Å². The average molecular weight is 184 g/mol. The van der Waals surface area contributed by atoms with Gasteiger partial charge in [-0.25, -0.2) is 4.68 Å². The van der Waals surface area contributed by atoms with Crippen molar-refractivity contribution in [2.45, 2.75) is 39.0 Å². The van der Waals surface area contributed by atoms with Crippen LogP contribution >= 0.6 is 0 Å². The molecule has 0 saturated carbocycles. The smallest absolute Gasteiger partial charge is 0.254 e. The van der Waals surface area contributed by atoms with E-state index in [9.17, 15) is 0 Å². The van der Waals surface area contributed by atoms with Crippen molar-refractivity contribution < 1.29 is 10.2 Å². The number of hydrogen-bond acceptors (Lipinski definition) is 3. The lowest BCUT2D eigenvalue weighted by atomic mass is 10.00. The highest BCUT2D eigenvalue weighted by Crippen LogP contribution is 2.23. The molecule has 0 unspecified atom stereocenters. The molecule has 4 nitrogen and oxygen atoms in total. The molecular weight excluding hydrogens is 168 g/mol. The number of rotatable bonds is 4. The lowest BCUT2D eigenvalue weighted by molar-refractivity contribution is -0.113. The molecule has 1 aromatic rings. The fourth-order valence-corrected chi connectivity index (χ4v) is 1.55. The minimum Gasteiger partial charge on any atom is -0.350 e. The molecule has 2 N–H and O–H groups in total. The largest absolute Gasteiger partial charge is 0.350 e. The van der Waals surface area contributed by atoms with E-state index < -0.39 is 6.41 Å². The van der Waals surface area contributed by atoms with Crippen LogP contribution in [0, 0.1) is 0 Å². The topological polar surface area (TPSA) is 58.3 Å². The normalized spacial score (nSPS) is 11.5. The summed E-state index contributed by atoms with van der Waals surface area (Å²) in [5.41, 5.74) is 0.889. The summed E-state index contributed by atoms with van der Waals surface area (Å²) < 4.78 is 1.25. The van der Waals surface area contributed by atoms with Crippen molar-refractivity contribution in [3.63, 3.8) is 0 Å². The SMILES string of the molecule is CCC(CC)c1ccnn1C(O)O. The summed E-state index contributed by atoms with van der Waals surface area (Å²) in [5, 5.41) is 21.8. The van der Waals surface area contributed by atoms with Crippen molar-refractivity contribution >= 4 is 0 Å². The molecule has 0 fully saturated rings. The van der Waals surface area contributed by atoms with Gasteiger partial charge in [-0.05, 0) is 18.9 Å². The molecule has 0 amide bonds. The second-order valence-corrected chi connectivity index (χ2v) is 3.06. The van der Waals surface area contributed by atoms with E-state index in [4.69, 9.17) is 10.2 Å². The highest BCUT2D eigenvalue weighted by atomic mass is 16.5. The fourth-order valence-electron chi connectivity index (χ4n) is 1.55. The minimum atomic E-state index is -1.52. The highest BCUT2D eigenvalue weighted by molar-refractivity contribution is 5.07. The molecule has 74 valence electrons. The number of nitrogens with zero attached hydrogens (tertiary/aromatic N) is 2. The Morgan fingerprint density at radius 1 is 1.38 bits per heavy atom. The Morgan fingerprint density at radius 3 is 2.46 bits per heavy atom. The van der Waals surface area contributed by atoms with Crippen molar-refractivity contribution in [3.8, 4) is 0 Å². The van der Waals surface area contributed by atoms with Gasteiger partial charge in [0.2, 0.25) is 0 Å². The van der Waals surface area contributed by atoms with Gasteiger partial charge in [0.05, 0.1) is 0 Å². The lowest BCUT2D eigenvalue weighted by Crippen LogP contribution is -2.14. The first kappa shape index (κ1) is 10.2. The Labute approximate surface area is 77.8 Å². The Bertz CT molecular complexity index is 254. The highest BCUT2D eigenvalue weighted by Gasteiger charge is 2.15. The van der Waals surface area contributed by atoms with Crippen LogP contribution in [-0.4, -0.2) is 20.0 Å². The molecule has 0 saturated heterocycles. The third-order valence-corrected chi connectivity index (χ3v) is 2.32. The van der Waals surface area contributed by atoms with E-state index in [2.05, 4.69) is 18.9 Å². The van der Waals surface area contributed by atoms with Gasteiger partial charge in [-0.15, -0.1) is 0 Å². The molecule has 1 rings (SSSR count). The van der Waals surface area contributed by atoms with E-state index in [1.165, 1.54) is 4.68 Å². The number of aromatic nitrogens is 2. The van der Waals surface area contributed by atoms with Crippen LogP contribution in [-0.2, 0) is 0 Å². The standard InChI is InChI=1S/C9H16N2O2/c1-3-7(4-2)8-5-6-10-11(8)9(12)13/h5-7,9,12-13H,3-4H2,1-2H3. The summed E-state index contributed by atoms with van der Waals surface area (Å²) in [6.07, 6.45) is 2.03. The molecular formula is C9H16N2O2. The van der Waals surface area contributed by atoms with Crippen molar-refractivity contribution in [1.82, 2.24) is 9.78 Å². The first-order valence-corrected chi connectivity index (χ1v) is 4.60. The summed E-state index contributed by atoms with van der Waals surface area (Å²) in [6, 6.07) is 1.83. The van der Waals surface area contributed by atoms with E-state index >= 15 is 0 Å². The molecule has 0 radical (unpaired) electrons. The predicted molar refractivity (Wildman–Crippen MR) is 49.0 cm³/mol. The molecule has 1 aromatic heterocycles. The third-order valence-electron chi connectivity index (χ3n) is 2.32. The minimum absolute atomic E-state index is 0.351. The van der Waals surface area contributed by atoms with E-state index in [0.717, 1.165) is 18.5 Å². The number of hydrogen-bond donors (Lipinski definition) is 2. The van der Waals surface area contributed by atoms with Gasteiger partial charge in [0.25, 0.3) is 6.41 Å². The van der Waals surface area contributed by atoms with E-state index in [1.54, 1.807) is 6.20 Å². The summed E-state index contributed by atoms with van der Waals surface area (Å²) in [7, 11) is 0. The first-order valence-electron chi connectivity index (χ1n) is 4.60. The van der Waals surface area contributed by atoms with Crippen LogP contribution in [0.25, 0.3) is 0 Å². The lowest BCUT2D eigenvalue weighted by Gasteiger charge is -2.15. The second-order valence-electron chi connectivity index (χ2n) is 3.06. The Morgan fingerprint density at radius 2 is 2.00 bits per heavy atom. The number of aliphatic hydroxyl groups excluding tert-OH is 1. The first-order chi connectivity index (χ1) is 6.20. The van der Waals surface area contributed by atoms with Gasteiger partial charge < -0.3 is 10.2 Å². The summed E-state index contributed by atoms with van der Waals surface area (Å²) in [5.74, 6) is 0.351. The van der Waals surface area contributed by atoms with E-state index in [1.807, 2.05) is 6.07 Å². The van der Waals surface area contributed by atoms with Gasteiger partial charge in [0.15, 0.2) is 0 Å². The Balaban J connectivity index is 2.91.